The van der Waals surface area contributed by atoms with E-state index in [0.29, 0.717) is 0 Å². The normalized spacial score (nSPS) is 12.2. The van der Waals surface area contributed by atoms with Gasteiger partial charge < -0.3 is 10.1 Å². The van der Waals surface area contributed by atoms with Gasteiger partial charge in [-0.1, -0.05) is 13.0 Å². The van der Waals surface area contributed by atoms with Crippen molar-refractivity contribution >= 4 is 0 Å². The van der Waals surface area contributed by atoms with Crippen LogP contribution in [0.1, 0.15) is 24.1 Å². The molecule has 0 aliphatic rings. The predicted octanol–water partition coefficient (Wildman–Crippen LogP) is 2.32. The van der Waals surface area contributed by atoms with Crippen molar-refractivity contribution in [2.45, 2.75) is 13.0 Å². The second-order valence-electron chi connectivity index (χ2n) is 4.06. The van der Waals surface area contributed by atoms with Crippen LogP contribution >= 0.6 is 0 Å². The van der Waals surface area contributed by atoms with Gasteiger partial charge in [-0.05, 0) is 24.2 Å². The van der Waals surface area contributed by atoms with E-state index in [1.165, 1.54) is 19.5 Å². The van der Waals surface area contributed by atoms with E-state index < -0.39 is 0 Å². The molecule has 0 amide bonds. The fourth-order valence-corrected chi connectivity index (χ4v) is 1.95. The average molecular weight is 261 g/mol. The van der Waals surface area contributed by atoms with Crippen LogP contribution in [0.3, 0.4) is 0 Å². The molecular formula is C14H16FN3O. The molecule has 0 aliphatic carbocycles. The summed E-state index contributed by atoms with van der Waals surface area (Å²) in [7, 11) is 1.45. The number of methoxy groups -OCH3 is 1. The van der Waals surface area contributed by atoms with E-state index in [1.54, 1.807) is 18.5 Å². The third-order valence-corrected chi connectivity index (χ3v) is 2.83. The van der Waals surface area contributed by atoms with Crippen molar-refractivity contribution in [3.05, 3.63) is 53.9 Å². The first-order valence-corrected chi connectivity index (χ1v) is 6.08. The van der Waals surface area contributed by atoms with Crippen LogP contribution in [0, 0.1) is 5.82 Å². The Morgan fingerprint density at radius 3 is 2.58 bits per heavy atom. The van der Waals surface area contributed by atoms with E-state index in [2.05, 4.69) is 15.3 Å². The first-order chi connectivity index (χ1) is 9.26. The first kappa shape index (κ1) is 13.4. The van der Waals surface area contributed by atoms with Gasteiger partial charge in [0, 0.05) is 18.0 Å². The minimum Gasteiger partial charge on any atom is -0.494 e. The standard InChI is InChI=1S/C14H16FN3O/c1-3-18-14(11-7-16-9-17-8-11)10-4-5-13(19-2)12(15)6-10/h4-9,14,18H,3H2,1-2H3. The minimum atomic E-state index is -0.375. The molecule has 1 atom stereocenters. The van der Waals surface area contributed by atoms with Gasteiger partial charge in [0.2, 0.25) is 0 Å². The number of aromatic nitrogens is 2. The molecule has 0 bridgehead atoms. The van der Waals surface area contributed by atoms with Crippen LogP contribution in [-0.2, 0) is 0 Å². The maximum atomic E-state index is 13.8. The Labute approximate surface area is 111 Å². The number of rotatable bonds is 5. The smallest absolute Gasteiger partial charge is 0.165 e. The number of nitrogens with one attached hydrogen (secondary N) is 1. The van der Waals surface area contributed by atoms with Gasteiger partial charge in [0.25, 0.3) is 0 Å². The Morgan fingerprint density at radius 1 is 1.26 bits per heavy atom. The Hall–Kier alpha value is -2.01. The predicted molar refractivity (Wildman–Crippen MR) is 70.5 cm³/mol. The Bertz CT molecular complexity index is 533. The third kappa shape index (κ3) is 3.06. The van der Waals surface area contributed by atoms with Gasteiger partial charge in [0.15, 0.2) is 11.6 Å². The molecule has 0 fully saturated rings. The van der Waals surface area contributed by atoms with E-state index in [1.807, 2.05) is 13.0 Å². The van der Waals surface area contributed by atoms with E-state index >= 15 is 0 Å². The van der Waals surface area contributed by atoms with Crippen LogP contribution in [0.2, 0.25) is 0 Å². The zero-order chi connectivity index (χ0) is 13.7. The lowest BCUT2D eigenvalue weighted by atomic mass is 10.0. The summed E-state index contributed by atoms with van der Waals surface area (Å²) >= 11 is 0. The molecule has 1 aromatic heterocycles. The highest BCUT2D eigenvalue weighted by Gasteiger charge is 2.15. The lowest BCUT2D eigenvalue weighted by Crippen LogP contribution is -2.22. The molecule has 0 aliphatic heterocycles. The van der Waals surface area contributed by atoms with Gasteiger partial charge >= 0.3 is 0 Å². The van der Waals surface area contributed by atoms with Gasteiger partial charge in [-0.15, -0.1) is 0 Å². The molecular weight excluding hydrogens is 245 g/mol. The molecule has 2 rings (SSSR count). The van der Waals surface area contributed by atoms with Gasteiger partial charge in [0.1, 0.15) is 6.33 Å². The number of nitrogens with zero attached hydrogens (tertiary/aromatic N) is 2. The summed E-state index contributed by atoms with van der Waals surface area (Å²) in [6.07, 6.45) is 4.92. The van der Waals surface area contributed by atoms with Crippen molar-refractivity contribution in [3.63, 3.8) is 0 Å². The Kier molecular flexibility index (Phi) is 4.41. The number of hydrogen-bond donors (Lipinski definition) is 1. The largest absolute Gasteiger partial charge is 0.494 e. The van der Waals surface area contributed by atoms with Crippen LogP contribution in [0.15, 0.2) is 36.9 Å². The molecule has 5 heteroatoms. The highest BCUT2D eigenvalue weighted by Crippen LogP contribution is 2.25. The van der Waals surface area contributed by atoms with Crippen molar-refractivity contribution in [1.29, 1.82) is 0 Å². The quantitative estimate of drug-likeness (QED) is 0.897. The lowest BCUT2D eigenvalue weighted by Gasteiger charge is -2.18. The maximum Gasteiger partial charge on any atom is 0.165 e. The van der Waals surface area contributed by atoms with Gasteiger partial charge in [-0.3, -0.25) is 0 Å². The third-order valence-electron chi connectivity index (χ3n) is 2.83. The summed E-state index contributed by atoms with van der Waals surface area (Å²) in [5.41, 5.74) is 1.71. The molecule has 1 heterocycles. The topological polar surface area (TPSA) is 47.0 Å². The molecule has 1 unspecified atom stereocenters. The van der Waals surface area contributed by atoms with Crippen LogP contribution in [-0.4, -0.2) is 23.6 Å². The molecule has 4 nitrogen and oxygen atoms in total. The Balaban J connectivity index is 2.37. The first-order valence-electron chi connectivity index (χ1n) is 6.08. The van der Waals surface area contributed by atoms with Gasteiger partial charge in [0.05, 0.1) is 13.2 Å². The summed E-state index contributed by atoms with van der Waals surface area (Å²) < 4.78 is 18.7. The summed E-state index contributed by atoms with van der Waals surface area (Å²) in [4.78, 5) is 8.00. The van der Waals surface area contributed by atoms with Gasteiger partial charge in [-0.2, -0.15) is 0 Å². The summed E-state index contributed by atoms with van der Waals surface area (Å²) in [5, 5.41) is 3.29. The molecule has 1 aromatic carbocycles. The van der Waals surface area contributed by atoms with Crippen LogP contribution in [0.25, 0.3) is 0 Å². The average Bonchev–Trinajstić information content (AvgIpc) is 2.45. The van der Waals surface area contributed by atoms with Crippen molar-refractivity contribution in [1.82, 2.24) is 15.3 Å². The molecule has 0 saturated carbocycles. The molecule has 1 N–H and O–H groups in total. The highest BCUT2D eigenvalue weighted by molar-refractivity contribution is 5.35. The molecule has 19 heavy (non-hydrogen) atoms. The van der Waals surface area contributed by atoms with E-state index in [4.69, 9.17) is 4.74 Å². The summed E-state index contributed by atoms with van der Waals surface area (Å²) in [6, 6.07) is 4.80. The van der Waals surface area contributed by atoms with E-state index in [9.17, 15) is 4.39 Å². The van der Waals surface area contributed by atoms with Crippen molar-refractivity contribution in [3.8, 4) is 5.75 Å². The summed E-state index contributed by atoms with van der Waals surface area (Å²) in [6.45, 7) is 2.75. The molecule has 2 aromatic rings. The van der Waals surface area contributed by atoms with Crippen LogP contribution in [0.5, 0.6) is 5.75 Å². The Morgan fingerprint density at radius 2 is 2.00 bits per heavy atom. The zero-order valence-corrected chi connectivity index (χ0v) is 10.9. The fourth-order valence-electron chi connectivity index (χ4n) is 1.95. The van der Waals surface area contributed by atoms with Crippen molar-refractivity contribution in [2.75, 3.05) is 13.7 Å². The maximum absolute atomic E-state index is 13.8. The van der Waals surface area contributed by atoms with Gasteiger partial charge in [-0.25, -0.2) is 14.4 Å². The monoisotopic (exact) mass is 261 g/mol. The number of halogens is 1. The number of benzene rings is 1. The fraction of sp³-hybridized carbons (Fsp3) is 0.286. The molecule has 0 spiro atoms. The second kappa shape index (κ2) is 6.24. The van der Waals surface area contributed by atoms with Crippen LogP contribution in [0.4, 0.5) is 4.39 Å². The second-order valence-corrected chi connectivity index (χ2v) is 4.06. The highest BCUT2D eigenvalue weighted by atomic mass is 19.1. The zero-order valence-electron chi connectivity index (χ0n) is 10.9. The van der Waals surface area contributed by atoms with E-state index in [0.717, 1.165) is 17.7 Å². The molecule has 100 valence electrons. The molecule has 0 radical (unpaired) electrons. The van der Waals surface area contributed by atoms with Crippen LogP contribution < -0.4 is 10.1 Å². The number of ether oxygens (including phenoxy) is 1. The van der Waals surface area contributed by atoms with Crippen molar-refractivity contribution < 1.29 is 9.13 Å². The molecule has 0 saturated heterocycles. The lowest BCUT2D eigenvalue weighted by molar-refractivity contribution is 0.385. The van der Waals surface area contributed by atoms with Crippen molar-refractivity contribution in [2.24, 2.45) is 0 Å². The summed E-state index contributed by atoms with van der Waals surface area (Å²) in [5.74, 6) is -0.136. The number of hydrogen-bond acceptors (Lipinski definition) is 4. The SMILES string of the molecule is CCNC(c1cncnc1)c1ccc(OC)c(F)c1. The minimum absolute atomic E-state index is 0.133. The van der Waals surface area contributed by atoms with E-state index in [-0.39, 0.29) is 17.6 Å².